The van der Waals surface area contributed by atoms with E-state index in [0.29, 0.717) is 28.9 Å². The van der Waals surface area contributed by atoms with Gasteiger partial charge < -0.3 is 11.1 Å². The normalized spacial score (nSPS) is 13.6. The summed E-state index contributed by atoms with van der Waals surface area (Å²) in [6, 6.07) is 9.83. The Morgan fingerprint density at radius 1 is 1.29 bits per heavy atom. The largest absolute Gasteiger partial charge is 0.366 e. The Balaban J connectivity index is 2.08. The van der Waals surface area contributed by atoms with Gasteiger partial charge in [-0.2, -0.15) is 0 Å². The van der Waals surface area contributed by atoms with Crippen LogP contribution < -0.4 is 11.1 Å². The first-order valence-corrected chi connectivity index (χ1v) is 8.11. The number of hydrogen-bond acceptors (Lipinski definition) is 3. The van der Waals surface area contributed by atoms with Crippen LogP contribution in [0, 0.1) is 6.92 Å². The van der Waals surface area contributed by atoms with Gasteiger partial charge in [0.25, 0.3) is 5.91 Å². The SMILES string of the molecule is CNC(=O)c1nc(Cc2cccc(C)c2)cc(C(N)=O)c1C1CC1. The molecule has 1 aliphatic rings. The summed E-state index contributed by atoms with van der Waals surface area (Å²) in [5, 5.41) is 2.62. The zero-order valence-corrected chi connectivity index (χ0v) is 13.9. The Morgan fingerprint density at radius 2 is 2.04 bits per heavy atom. The summed E-state index contributed by atoms with van der Waals surface area (Å²) in [7, 11) is 1.57. The predicted molar refractivity (Wildman–Crippen MR) is 92.1 cm³/mol. The second kappa shape index (κ2) is 6.43. The summed E-state index contributed by atoms with van der Waals surface area (Å²) in [6.07, 6.45) is 2.48. The van der Waals surface area contributed by atoms with Crippen molar-refractivity contribution in [2.45, 2.75) is 32.1 Å². The summed E-state index contributed by atoms with van der Waals surface area (Å²) in [6.45, 7) is 2.03. The van der Waals surface area contributed by atoms with Crippen molar-refractivity contribution in [3.8, 4) is 0 Å². The molecular formula is C19H21N3O2. The third-order valence-electron chi connectivity index (χ3n) is 4.27. The van der Waals surface area contributed by atoms with E-state index in [1.54, 1.807) is 13.1 Å². The monoisotopic (exact) mass is 323 g/mol. The van der Waals surface area contributed by atoms with Crippen molar-refractivity contribution >= 4 is 11.8 Å². The number of aromatic nitrogens is 1. The van der Waals surface area contributed by atoms with E-state index in [1.807, 2.05) is 25.1 Å². The lowest BCUT2D eigenvalue weighted by atomic mass is 9.97. The average molecular weight is 323 g/mol. The summed E-state index contributed by atoms with van der Waals surface area (Å²) >= 11 is 0. The maximum absolute atomic E-state index is 12.3. The minimum atomic E-state index is -0.505. The summed E-state index contributed by atoms with van der Waals surface area (Å²) in [4.78, 5) is 28.8. The van der Waals surface area contributed by atoms with E-state index in [2.05, 4.69) is 16.4 Å². The molecule has 3 rings (SSSR count). The van der Waals surface area contributed by atoms with Crippen molar-refractivity contribution in [3.05, 3.63) is 64.0 Å². The van der Waals surface area contributed by atoms with E-state index in [-0.39, 0.29) is 11.8 Å². The van der Waals surface area contributed by atoms with Crippen molar-refractivity contribution in [2.24, 2.45) is 5.73 Å². The average Bonchev–Trinajstić information content (AvgIpc) is 3.38. The smallest absolute Gasteiger partial charge is 0.269 e. The van der Waals surface area contributed by atoms with Crippen molar-refractivity contribution in [1.82, 2.24) is 10.3 Å². The molecule has 124 valence electrons. The number of nitrogens with two attached hydrogens (primary N) is 1. The van der Waals surface area contributed by atoms with Gasteiger partial charge in [0.15, 0.2) is 0 Å². The third kappa shape index (κ3) is 3.30. The van der Waals surface area contributed by atoms with E-state index in [4.69, 9.17) is 5.73 Å². The summed E-state index contributed by atoms with van der Waals surface area (Å²) in [5.41, 5.74) is 9.96. The number of pyridine rings is 1. The molecule has 0 unspecified atom stereocenters. The topological polar surface area (TPSA) is 85.1 Å². The van der Waals surface area contributed by atoms with E-state index >= 15 is 0 Å². The number of nitrogens with one attached hydrogen (secondary N) is 1. The van der Waals surface area contributed by atoms with Gasteiger partial charge in [-0.05, 0) is 42.9 Å². The van der Waals surface area contributed by atoms with Gasteiger partial charge in [-0.3, -0.25) is 9.59 Å². The lowest BCUT2D eigenvalue weighted by Gasteiger charge is -2.14. The van der Waals surface area contributed by atoms with Crippen molar-refractivity contribution in [1.29, 1.82) is 0 Å². The molecule has 0 spiro atoms. The summed E-state index contributed by atoms with van der Waals surface area (Å²) < 4.78 is 0. The summed E-state index contributed by atoms with van der Waals surface area (Å²) in [5.74, 6) is -0.569. The number of carbonyl (C=O) groups is 2. The first-order chi connectivity index (χ1) is 11.5. The minimum absolute atomic E-state index is 0.209. The number of amides is 2. The lowest BCUT2D eigenvalue weighted by molar-refractivity contribution is 0.0957. The highest BCUT2D eigenvalue weighted by atomic mass is 16.2. The van der Waals surface area contributed by atoms with Crippen LogP contribution in [0.25, 0.3) is 0 Å². The Morgan fingerprint density at radius 3 is 2.62 bits per heavy atom. The highest BCUT2D eigenvalue weighted by molar-refractivity contribution is 6.01. The zero-order chi connectivity index (χ0) is 17.3. The van der Waals surface area contributed by atoms with Crippen molar-refractivity contribution < 1.29 is 9.59 Å². The number of hydrogen-bond donors (Lipinski definition) is 2. The molecule has 0 bridgehead atoms. The van der Waals surface area contributed by atoms with Gasteiger partial charge in [0.1, 0.15) is 5.69 Å². The van der Waals surface area contributed by atoms with Gasteiger partial charge in [0, 0.05) is 24.7 Å². The fourth-order valence-electron chi connectivity index (χ4n) is 3.01. The van der Waals surface area contributed by atoms with Gasteiger partial charge in [0.05, 0.1) is 0 Å². The van der Waals surface area contributed by atoms with Crippen LogP contribution in [-0.4, -0.2) is 23.8 Å². The number of nitrogens with zero attached hydrogens (tertiary/aromatic N) is 1. The van der Waals surface area contributed by atoms with Crippen LogP contribution in [0.3, 0.4) is 0 Å². The second-order valence-corrected chi connectivity index (χ2v) is 6.31. The Labute approximate surface area is 141 Å². The van der Waals surface area contributed by atoms with Crippen LogP contribution in [-0.2, 0) is 6.42 Å². The number of primary amides is 1. The number of rotatable bonds is 5. The first-order valence-electron chi connectivity index (χ1n) is 8.11. The first kappa shape index (κ1) is 16.2. The standard InChI is InChI=1S/C19H21N3O2/c1-11-4-3-5-12(8-11)9-14-10-15(18(20)23)16(13-6-7-13)17(22-14)19(24)21-2/h3-5,8,10,13H,6-7,9H2,1-2H3,(H2,20,23)(H,21,24). The molecule has 1 aromatic carbocycles. The van der Waals surface area contributed by atoms with Crippen LogP contribution >= 0.6 is 0 Å². The van der Waals surface area contributed by atoms with Gasteiger partial charge in [-0.1, -0.05) is 29.8 Å². The van der Waals surface area contributed by atoms with Crippen LogP contribution in [0.2, 0.25) is 0 Å². The van der Waals surface area contributed by atoms with Crippen LogP contribution in [0.5, 0.6) is 0 Å². The van der Waals surface area contributed by atoms with E-state index in [0.717, 1.165) is 24.0 Å². The zero-order valence-electron chi connectivity index (χ0n) is 13.9. The predicted octanol–water partition coefficient (Wildman–Crippen LogP) is 2.32. The molecule has 0 radical (unpaired) electrons. The third-order valence-corrected chi connectivity index (χ3v) is 4.27. The minimum Gasteiger partial charge on any atom is -0.366 e. The quantitative estimate of drug-likeness (QED) is 0.885. The Hall–Kier alpha value is -2.69. The highest BCUT2D eigenvalue weighted by Gasteiger charge is 2.33. The molecule has 2 aromatic rings. The van der Waals surface area contributed by atoms with Crippen LogP contribution in [0.1, 0.15) is 62.0 Å². The van der Waals surface area contributed by atoms with Gasteiger partial charge in [-0.15, -0.1) is 0 Å². The Bertz CT molecular complexity index is 810. The molecule has 2 amide bonds. The number of carbonyl (C=O) groups excluding carboxylic acids is 2. The molecule has 24 heavy (non-hydrogen) atoms. The van der Waals surface area contributed by atoms with E-state index in [1.165, 1.54) is 0 Å². The molecule has 0 aliphatic heterocycles. The van der Waals surface area contributed by atoms with Gasteiger partial charge in [0.2, 0.25) is 5.91 Å². The highest BCUT2D eigenvalue weighted by Crippen LogP contribution is 2.43. The molecule has 1 saturated carbocycles. The fraction of sp³-hybridized carbons (Fsp3) is 0.316. The molecule has 0 saturated heterocycles. The number of benzene rings is 1. The fourth-order valence-corrected chi connectivity index (χ4v) is 3.01. The molecule has 1 aliphatic carbocycles. The molecule has 1 fully saturated rings. The van der Waals surface area contributed by atoms with E-state index < -0.39 is 5.91 Å². The Kier molecular flexibility index (Phi) is 4.34. The van der Waals surface area contributed by atoms with Crippen molar-refractivity contribution in [3.63, 3.8) is 0 Å². The van der Waals surface area contributed by atoms with E-state index in [9.17, 15) is 9.59 Å². The number of aryl methyl sites for hydroxylation is 1. The lowest BCUT2D eigenvalue weighted by Crippen LogP contribution is -2.25. The molecule has 5 heteroatoms. The molecule has 3 N–H and O–H groups in total. The van der Waals surface area contributed by atoms with Crippen LogP contribution in [0.4, 0.5) is 0 Å². The molecule has 0 atom stereocenters. The van der Waals surface area contributed by atoms with Gasteiger partial charge in [-0.25, -0.2) is 4.98 Å². The molecular weight excluding hydrogens is 302 g/mol. The molecule has 1 aromatic heterocycles. The molecule has 5 nitrogen and oxygen atoms in total. The molecule has 1 heterocycles. The van der Waals surface area contributed by atoms with Crippen molar-refractivity contribution in [2.75, 3.05) is 7.05 Å². The second-order valence-electron chi connectivity index (χ2n) is 6.31. The maximum atomic E-state index is 12.3. The maximum Gasteiger partial charge on any atom is 0.269 e. The van der Waals surface area contributed by atoms with Gasteiger partial charge >= 0.3 is 0 Å². The van der Waals surface area contributed by atoms with Crippen LogP contribution in [0.15, 0.2) is 30.3 Å².